The maximum Gasteiger partial charge on any atom is 0.225 e. The number of anilines is 1. The second kappa shape index (κ2) is 7.17. The van der Waals surface area contributed by atoms with Gasteiger partial charge >= 0.3 is 0 Å². The van der Waals surface area contributed by atoms with Gasteiger partial charge in [-0.2, -0.15) is 5.26 Å². The number of benzene rings is 1. The van der Waals surface area contributed by atoms with Gasteiger partial charge in [-0.1, -0.05) is 12.1 Å². The molecule has 0 atom stereocenters. The number of nitrogen functional groups attached to an aromatic ring is 1. The van der Waals surface area contributed by atoms with Crippen molar-refractivity contribution in [3.63, 3.8) is 0 Å². The molecular weight excluding hydrogens is 230 g/mol. The van der Waals surface area contributed by atoms with Gasteiger partial charge in [0, 0.05) is 13.6 Å². The van der Waals surface area contributed by atoms with E-state index in [4.69, 9.17) is 15.7 Å². The van der Waals surface area contributed by atoms with Crippen LogP contribution in [0.25, 0.3) is 0 Å². The molecule has 0 aliphatic carbocycles. The number of nitrogens with zero attached hydrogens (tertiary/aromatic N) is 2. The molecule has 5 heteroatoms. The van der Waals surface area contributed by atoms with E-state index >= 15 is 0 Å². The first-order valence-corrected chi connectivity index (χ1v) is 5.73. The first-order chi connectivity index (χ1) is 8.65. The number of hydrogen-bond donors (Lipinski definition) is 1. The summed E-state index contributed by atoms with van der Waals surface area (Å²) in [5, 5.41) is 8.43. The van der Waals surface area contributed by atoms with Crippen molar-refractivity contribution in [2.24, 2.45) is 0 Å². The van der Waals surface area contributed by atoms with Crippen molar-refractivity contribution < 1.29 is 9.53 Å². The van der Waals surface area contributed by atoms with E-state index in [2.05, 4.69) is 0 Å². The summed E-state index contributed by atoms with van der Waals surface area (Å²) in [6.45, 7) is 0.729. The number of hydrogen-bond acceptors (Lipinski definition) is 4. The van der Waals surface area contributed by atoms with E-state index < -0.39 is 0 Å². The third-order valence-corrected chi connectivity index (χ3v) is 2.48. The fourth-order valence-corrected chi connectivity index (χ4v) is 1.39. The summed E-state index contributed by atoms with van der Waals surface area (Å²) < 4.78 is 5.42. The van der Waals surface area contributed by atoms with E-state index in [0.29, 0.717) is 24.4 Å². The summed E-state index contributed by atoms with van der Waals surface area (Å²) in [5.74, 6) is 0.546. The Morgan fingerprint density at radius 1 is 1.50 bits per heavy atom. The molecule has 0 saturated heterocycles. The summed E-state index contributed by atoms with van der Waals surface area (Å²) in [5.41, 5.74) is 6.26. The Balaban J connectivity index is 2.32. The number of amides is 1. The minimum atomic E-state index is -0.0419. The van der Waals surface area contributed by atoms with E-state index in [0.717, 1.165) is 0 Å². The molecule has 0 unspecified atom stereocenters. The highest BCUT2D eigenvalue weighted by Gasteiger charge is 2.08. The third-order valence-electron chi connectivity index (χ3n) is 2.48. The summed E-state index contributed by atoms with van der Waals surface area (Å²) >= 11 is 0. The molecule has 18 heavy (non-hydrogen) atoms. The summed E-state index contributed by atoms with van der Waals surface area (Å²) in [4.78, 5) is 13.2. The van der Waals surface area contributed by atoms with Gasteiger partial charge < -0.3 is 15.4 Å². The Morgan fingerprint density at radius 3 is 2.89 bits per heavy atom. The summed E-state index contributed by atoms with van der Waals surface area (Å²) in [7, 11) is 1.68. The molecule has 0 heterocycles. The lowest BCUT2D eigenvalue weighted by molar-refractivity contribution is -0.130. The SMILES string of the molecule is CN(CCC#N)C(=O)CCOc1ccccc1N. The highest BCUT2D eigenvalue weighted by molar-refractivity contribution is 5.76. The highest BCUT2D eigenvalue weighted by atomic mass is 16.5. The number of nitriles is 1. The van der Waals surface area contributed by atoms with Crippen molar-refractivity contribution in [1.82, 2.24) is 4.90 Å². The number of para-hydroxylation sites is 2. The average molecular weight is 247 g/mol. The maximum atomic E-state index is 11.6. The molecule has 2 N–H and O–H groups in total. The lowest BCUT2D eigenvalue weighted by Crippen LogP contribution is -2.28. The van der Waals surface area contributed by atoms with E-state index in [1.54, 1.807) is 19.2 Å². The van der Waals surface area contributed by atoms with Gasteiger partial charge in [-0.3, -0.25) is 4.79 Å². The Hall–Kier alpha value is -2.22. The Bertz CT molecular complexity index is 440. The molecule has 0 fully saturated rings. The molecule has 0 aliphatic heterocycles. The minimum absolute atomic E-state index is 0.0419. The molecule has 0 aromatic heterocycles. The average Bonchev–Trinajstić information content (AvgIpc) is 2.38. The van der Waals surface area contributed by atoms with Crippen LogP contribution in [0.15, 0.2) is 24.3 Å². The predicted molar refractivity (Wildman–Crippen MR) is 68.8 cm³/mol. The largest absolute Gasteiger partial charge is 0.491 e. The van der Waals surface area contributed by atoms with Gasteiger partial charge in [0.1, 0.15) is 5.75 Å². The minimum Gasteiger partial charge on any atom is -0.491 e. The molecule has 0 saturated carbocycles. The van der Waals surface area contributed by atoms with Crippen LogP contribution in [0.1, 0.15) is 12.8 Å². The molecule has 0 aliphatic rings. The molecule has 96 valence electrons. The molecule has 0 bridgehead atoms. The van der Waals surface area contributed by atoms with Gasteiger partial charge in [0.15, 0.2) is 0 Å². The van der Waals surface area contributed by atoms with Crippen LogP contribution < -0.4 is 10.5 Å². The standard InChI is InChI=1S/C13H17N3O2/c1-16(9-4-8-14)13(17)7-10-18-12-6-3-2-5-11(12)15/h2-3,5-6H,4,7,9-10,15H2,1H3. The highest BCUT2D eigenvalue weighted by Crippen LogP contribution is 2.19. The molecule has 5 nitrogen and oxygen atoms in total. The number of rotatable bonds is 6. The van der Waals surface area contributed by atoms with Crippen LogP contribution in [0, 0.1) is 11.3 Å². The zero-order chi connectivity index (χ0) is 13.4. The van der Waals surface area contributed by atoms with E-state index in [9.17, 15) is 4.79 Å². The van der Waals surface area contributed by atoms with Crippen molar-refractivity contribution in [3.8, 4) is 11.8 Å². The number of carbonyl (C=O) groups excluding carboxylic acids is 1. The van der Waals surface area contributed by atoms with Crippen molar-refractivity contribution in [2.75, 3.05) is 25.9 Å². The molecule has 1 amide bonds. The topological polar surface area (TPSA) is 79.3 Å². The fraction of sp³-hybridized carbons (Fsp3) is 0.385. The molecule has 1 rings (SSSR count). The van der Waals surface area contributed by atoms with Crippen LogP contribution in [0.3, 0.4) is 0 Å². The smallest absolute Gasteiger partial charge is 0.225 e. The van der Waals surface area contributed by atoms with Crippen molar-refractivity contribution in [1.29, 1.82) is 5.26 Å². The zero-order valence-electron chi connectivity index (χ0n) is 10.4. The second-order valence-corrected chi connectivity index (χ2v) is 3.86. The summed E-state index contributed by atoms with van der Waals surface area (Å²) in [6.07, 6.45) is 0.616. The van der Waals surface area contributed by atoms with Gasteiger partial charge in [0.25, 0.3) is 0 Å². The lowest BCUT2D eigenvalue weighted by Gasteiger charge is -2.15. The first-order valence-electron chi connectivity index (χ1n) is 5.73. The lowest BCUT2D eigenvalue weighted by atomic mass is 10.3. The molecule has 1 aromatic carbocycles. The Labute approximate surface area is 107 Å². The molecule has 0 radical (unpaired) electrons. The van der Waals surface area contributed by atoms with E-state index in [-0.39, 0.29) is 18.9 Å². The quantitative estimate of drug-likeness (QED) is 0.771. The van der Waals surface area contributed by atoms with Crippen molar-refractivity contribution in [3.05, 3.63) is 24.3 Å². The van der Waals surface area contributed by atoms with E-state index in [1.165, 1.54) is 4.90 Å². The first kappa shape index (κ1) is 13.8. The maximum absolute atomic E-state index is 11.6. The van der Waals surface area contributed by atoms with Gasteiger partial charge in [0.2, 0.25) is 5.91 Å². The van der Waals surface area contributed by atoms with Crippen LogP contribution in [0.5, 0.6) is 5.75 Å². The van der Waals surface area contributed by atoms with Crippen LogP contribution in [-0.2, 0) is 4.79 Å². The number of nitrogens with two attached hydrogens (primary N) is 1. The number of carbonyl (C=O) groups is 1. The van der Waals surface area contributed by atoms with Gasteiger partial charge in [-0.15, -0.1) is 0 Å². The Morgan fingerprint density at radius 2 is 2.22 bits per heavy atom. The van der Waals surface area contributed by atoms with Crippen LogP contribution in [0.4, 0.5) is 5.69 Å². The third kappa shape index (κ3) is 4.34. The van der Waals surface area contributed by atoms with Crippen LogP contribution in [0.2, 0.25) is 0 Å². The fourth-order valence-electron chi connectivity index (χ4n) is 1.39. The summed E-state index contributed by atoms with van der Waals surface area (Å²) in [6, 6.07) is 9.16. The predicted octanol–water partition coefficient (Wildman–Crippen LogP) is 1.41. The van der Waals surface area contributed by atoms with Gasteiger partial charge in [-0.05, 0) is 12.1 Å². The number of ether oxygens (including phenoxy) is 1. The Kier molecular flexibility index (Phi) is 5.52. The monoisotopic (exact) mass is 247 g/mol. The van der Waals surface area contributed by atoms with Gasteiger partial charge in [0.05, 0.1) is 31.2 Å². The second-order valence-electron chi connectivity index (χ2n) is 3.86. The molecule has 1 aromatic rings. The van der Waals surface area contributed by atoms with Gasteiger partial charge in [-0.25, -0.2) is 0 Å². The van der Waals surface area contributed by atoms with Crippen LogP contribution >= 0.6 is 0 Å². The van der Waals surface area contributed by atoms with Crippen molar-refractivity contribution >= 4 is 11.6 Å². The molecule has 0 spiro atoms. The van der Waals surface area contributed by atoms with Crippen molar-refractivity contribution in [2.45, 2.75) is 12.8 Å². The van der Waals surface area contributed by atoms with E-state index in [1.807, 2.05) is 18.2 Å². The normalized spacial score (nSPS) is 9.56. The molecular formula is C13H17N3O2. The zero-order valence-corrected chi connectivity index (χ0v) is 10.4. The van der Waals surface area contributed by atoms with Crippen LogP contribution in [-0.4, -0.2) is 31.0 Å².